The fourth-order valence-corrected chi connectivity index (χ4v) is 0. The molecule has 0 heterocycles. The Morgan fingerprint density at radius 3 is 1.18 bits per heavy atom. The van der Waals surface area contributed by atoms with Crippen LogP contribution in [0.1, 0.15) is 0 Å². The summed E-state index contributed by atoms with van der Waals surface area (Å²) in [7, 11) is -5.17. The second-order valence-corrected chi connectivity index (χ2v) is 1.63. The quantitative estimate of drug-likeness (QED) is 0.232. The Morgan fingerprint density at radius 2 is 1.18 bits per heavy atom. The normalized spacial score (nSPS) is 7.45. The molecular formula is CH6MgN2O6S. The number of rotatable bonds is 0. The van der Waals surface area contributed by atoms with Gasteiger partial charge in [-0.05, 0) is 0 Å². The van der Waals surface area contributed by atoms with E-state index in [0.717, 1.165) is 0 Å². The summed E-state index contributed by atoms with van der Waals surface area (Å²) in [5.74, 6) is 0. The van der Waals surface area contributed by atoms with Gasteiger partial charge in [0, 0.05) is 10.4 Å². The predicted octanol–water partition coefficient (Wildman–Crippen LogP) is -3.52. The summed E-state index contributed by atoms with van der Waals surface area (Å²) in [4.78, 5) is 9.00. The van der Waals surface area contributed by atoms with Crippen LogP contribution in [0.4, 0.5) is 4.79 Å². The van der Waals surface area contributed by atoms with E-state index in [1.54, 1.807) is 0 Å². The second kappa shape index (κ2) is 9.87. The van der Waals surface area contributed by atoms with Gasteiger partial charge in [-0.25, -0.2) is 4.79 Å². The zero-order valence-corrected chi connectivity index (χ0v) is 7.54. The van der Waals surface area contributed by atoms with Gasteiger partial charge in [0.25, 0.3) is 0 Å². The van der Waals surface area contributed by atoms with E-state index >= 15 is 0 Å². The van der Waals surface area contributed by atoms with Gasteiger partial charge in [-0.1, -0.05) is 0 Å². The molecule has 0 aliphatic carbocycles. The van der Waals surface area contributed by atoms with Crippen LogP contribution in [-0.2, 0) is 10.4 Å². The van der Waals surface area contributed by atoms with Gasteiger partial charge in [-0.2, -0.15) is 0 Å². The van der Waals surface area contributed by atoms with E-state index in [0.29, 0.717) is 0 Å². The van der Waals surface area contributed by atoms with Crippen molar-refractivity contribution in [2.75, 3.05) is 0 Å². The van der Waals surface area contributed by atoms with Gasteiger partial charge in [0.1, 0.15) is 0 Å². The molecule has 64 valence electrons. The van der Waals surface area contributed by atoms with Crippen molar-refractivity contribution in [3.05, 3.63) is 0 Å². The molecule has 0 aromatic carbocycles. The Bertz CT molecular complexity index is 163. The van der Waals surface area contributed by atoms with Crippen LogP contribution >= 0.6 is 0 Å². The molecule has 0 aliphatic heterocycles. The van der Waals surface area contributed by atoms with Crippen LogP contribution in [0.3, 0.4) is 0 Å². The third kappa shape index (κ3) is 34100. The van der Waals surface area contributed by atoms with Gasteiger partial charge in [0.15, 0.2) is 0 Å². The molecular weight excluding hydrogens is 192 g/mol. The number of nitrogens with two attached hydrogens (primary N) is 2. The standard InChI is InChI=1S/CH4N2O.Mg.H2O4S.H2O/c2-1(3)4;;1-5(2,3)4;/h(H4,2,3,4);;(H2,1,2,3,4);1H2/q;+2;;/p-2. The van der Waals surface area contributed by atoms with Crippen LogP contribution in [-0.4, -0.2) is 52.1 Å². The SMILES string of the molecule is NC(N)=O.O.O=S(=O)([O-])[O-].[Mg+2]. The molecule has 11 heavy (non-hydrogen) atoms. The molecule has 0 fully saturated rings. The first kappa shape index (κ1) is 22.4. The van der Waals surface area contributed by atoms with Crippen LogP contribution in [0.15, 0.2) is 0 Å². The Morgan fingerprint density at radius 1 is 1.18 bits per heavy atom. The van der Waals surface area contributed by atoms with Crippen molar-refractivity contribution in [1.29, 1.82) is 0 Å². The number of carbonyl (C=O) groups excluding carboxylic acids is 1. The van der Waals surface area contributed by atoms with Crippen LogP contribution in [0.5, 0.6) is 0 Å². The molecule has 10 heteroatoms. The molecule has 0 radical (unpaired) electrons. The Balaban J connectivity index is -0.0000000383. The van der Waals surface area contributed by atoms with E-state index in [1.807, 2.05) is 0 Å². The van der Waals surface area contributed by atoms with Gasteiger partial charge in [0.05, 0.1) is 0 Å². The molecule has 2 amide bonds. The molecule has 0 saturated heterocycles. The first-order chi connectivity index (χ1) is 3.73. The topological polar surface area (TPSA) is 181 Å². The molecule has 0 aliphatic rings. The number of hydrogen-bond acceptors (Lipinski definition) is 5. The molecule has 0 atom stereocenters. The summed E-state index contributed by atoms with van der Waals surface area (Å²) >= 11 is 0. The Hall–Kier alpha value is -0.134. The minimum absolute atomic E-state index is 0. The maximum atomic E-state index is 9.00. The van der Waals surface area contributed by atoms with Crippen molar-refractivity contribution >= 4 is 39.5 Å². The van der Waals surface area contributed by atoms with E-state index in [-0.39, 0.29) is 28.5 Å². The number of primary amides is 2. The zero-order valence-electron chi connectivity index (χ0n) is 5.31. The monoisotopic (exact) mass is 198 g/mol. The minimum Gasteiger partial charge on any atom is -0.759 e. The largest absolute Gasteiger partial charge is 2.00 e. The molecule has 0 aromatic rings. The summed E-state index contributed by atoms with van der Waals surface area (Å²) in [5.41, 5.74) is 8.50. The van der Waals surface area contributed by atoms with Gasteiger partial charge in [0.2, 0.25) is 0 Å². The van der Waals surface area contributed by atoms with Crippen molar-refractivity contribution in [2.24, 2.45) is 11.5 Å². The fraction of sp³-hybridized carbons (Fsp3) is 0. The number of amides is 2. The van der Waals surface area contributed by atoms with Crippen molar-refractivity contribution in [2.45, 2.75) is 0 Å². The summed E-state index contributed by atoms with van der Waals surface area (Å²) in [5, 5.41) is 0. The van der Waals surface area contributed by atoms with E-state index in [4.69, 9.17) is 22.3 Å². The maximum Gasteiger partial charge on any atom is 2.00 e. The van der Waals surface area contributed by atoms with Gasteiger partial charge >= 0.3 is 29.1 Å². The molecule has 0 aromatic heterocycles. The average Bonchev–Trinajstić information content (AvgIpc) is 1.19. The molecule has 0 bridgehead atoms. The van der Waals surface area contributed by atoms with Gasteiger partial charge in [-0.3, -0.25) is 8.42 Å². The van der Waals surface area contributed by atoms with E-state index in [2.05, 4.69) is 11.5 Å². The minimum atomic E-state index is -5.17. The van der Waals surface area contributed by atoms with Crippen LogP contribution in [0, 0.1) is 0 Å². The average molecular weight is 198 g/mol. The first-order valence-electron chi connectivity index (χ1n) is 1.45. The van der Waals surface area contributed by atoms with Crippen molar-refractivity contribution in [3.63, 3.8) is 0 Å². The summed E-state index contributed by atoms with van der Waals surface area (Å²) in [6.45, 7) is 0. The summed E-state index contributed by atoms with van der Waals surface area (Å²) in [6, 6.07) is -0.833. The van der Waals surface area contributed by atoms with Crippen LogP contribution in [0.25, 0.3) is 0 Å². The Kier molecular flexibility index (Phi) is 20.1. The predicted molar refractivity (Wildman–Crippen MR) is 33.6 cm³/mol. The molecule has 0 saturated carbocycles. The number of hydrogen-bond donors (Lipinski definition) is 2. The van der Waals surface area contributed by atoms with E-state index < -0.39 is 16.4 Å². The van der Waals surface area contributed by atoms with Crippen LogP contribution < -0.4 is 11.5 Å². The molecule has 8 nitrogen and oxygen atoms in total. The Labute approximate surface area is 79.0 Å². The van der Waals surface area contributed by atoms with Crippen molar-refractivity contribution < 1.29 is 27.8 Å². The van der Waals surface area contributed by atoms with E-state index in [9.17, 15) is 0 Å². The smallest absolute Gasteiger partial charge is 0.759 e. The van der Waals surface area contributed by atoms with E-state index in [1.165, 1.54) is 0 Å². The van der Waals surface area contributed by atoms with Gasteiger partial charge < -0.3 is 26.0 Å². The molecule has 0 spiro atoms. The number of carbonyl (C=O) groups is 1. The third-order valence-electron chi connectivity index (χ3n) is 0. The fourth-order valence-electron chi connectivity index (χ4n) is 0. The first-order valence-corrected chi connectivity index (χ1v) is 2.78. The third-order valence-corrected chi connectivity index (χ3v) is 0. The van der Waals surface area contributed by atoms with Crippen molar-refractivity contribution in [3.8, 4) is 0 Å². The molecule has 0 unspecified atom stereocenters. The maximum absolute atomic E-state index is 9.00. The zero-order chi connectivity index (χ0) is 8.08. The van der Waals surface area contributed by atoms with Gasteiger partial charge in [-0.15, -0.1) is 0 Å². The second-order valence-electron chi connectivity index (χ2n) is 0.811. The molecule has 0 rings (SSSR count). The molecule has 6 N–H and O–H groups in total. The van der Waals surface area contributed by atoms with Crippen molar-refractivity contribution in [1.82, 2.24) is 0 Å². The summed E-state index contributed by atoms with van der Waals surface area (Å²) < 4.78 is 34.1. The summed E-state index contributed by atoms with van der Waals surface area (Å²) in [6.07, 6.45) is 0. The number of urea groups is 1. The van der Waals surface area contributed by atoms with Crippen LogP contribution in [0.2, 0.25) is 0 Å².